The van der Waals surface area contributed by atoms with Crippen LogP contribution in [0, 0.1) is 17.3 Å². The number of nitrogens with zero attached hydrogens (tertiary/aromatic N) is 2. The molecule has 1 N–H and O–H groups in total. The summed E-state index contributed by atoms with van der Waals surface area (Å²) in [4.78, 5) is 14.5. The zero-order valence-corrected chi connectivity index (χ0v) is 15.6. The average molecular weight is 345 g/mol. The molecule has 2 heterocycles. The van der Waals surface area contributed by atoms with Crippen molar-refractivity contribution in [3.8, 4) is 0 Å². The minimum atomic E-state index is 0.135. The van der Waals surface area contributed by atoms with E-state index in [1.54, 1.807) is 0 Å². The van der Waals surface area contributed by atoms with Crippen molar-refractivity contribution in [2.75, 3.05) is 13.1 Å². The molecule has 138 valence electrons. The molecule has 0 spiro atoms. The smallest absolute Gasteiger partial charge is 0.223 e. The number of carbonyl (C=O) groups excluding carboxylic acids is 1. The molecule has 0 radical (unpaired) electrons. The molecule has 5 heteroatoms. The molecular formula is C20H31N3O2. The van der Waals surface area contributed by atoms with Crippen LogP contribution in [-0.4, -0.2) is 35.1 Å². The van der Waals surface area contributed by atoms with E-state index in [1.807, 2.05) is 0 Å². The second-order valence-corrected chi connectivity index (χ2v) is 8.91. The highest BCUT2D eigenvalue weighted by atomic mass is 16.5. The van der Waals surface area contributed by atoms with E-state index in [2.05, 4.69) is 35.3 Å². The standard InChI is InChI=1S/C20H31N3O2/c1-20(2)15(11-18(20)21-19(24)14-6-7-14)10-16-12-17(25-22-16)13-23-8-4-3-5-9-23/h12,14-15,18H,3-11,13H2,1-2H3,(H,21,24)/t15-,18+/m1/s1. The summed E-state index contributed by atoms with van der Waals surface area (Å²) < 4.78 is 5.57. The molecular weight excluding hydrogens is 314 g/mol. The highest BCUT2D eigenvalue weighted by Gasteiger charge is 2.49. The summed E-state index contributed by atoms with van der Waals surface area (Å²) in [5, 5.41) is 7.56. The van der Waals surface area contributed by atoms with E-state index in [9.17, 15) is 4.79 Å². The highest BCUT2D eigenvalue weighted by Crippen LogP contribution is 2.48. The molecule has 25 heavy (non-hydrogen) atoms. The third-order valence-electron chi connectivity index (χ3n) is 6.63. The van der Waals surface area contributed by atoms with Crippen molar-refractivity contribution < 1.29 is 9.32 Å². The van der Waals surface area contributed by atoms with Gasteiger partial charge < -0.3 is 9.84 Å². The molecule has 0 aromatic carbocycles. The Kier molecular flexibility index (Phi) is 4.61. The van der Waals surface area contributed by atoms with Crippen LogP contribution in [0.2, 0.25) is 0 Å². The Morgan fingerprint density at radius 3 is 2.76 bits per heavy atom. The second kappa shape index (κ2) is 6.75. The molecule has 0 unspecified atom stereocenters. The van der Waals surface area contributed by atoms with Crippen LogP contribution in [0.15, 0.2) is 10.6 Å². The van der Waals surface area contributed by atoms with Crippen molar-refractivity contribution in [2.45, 2.75) is 71.4 Å². The number of piperidine rings is 1. The number of amides is 1. The Bertz CT molecular complexity index is 614. The van der Waals surface area contributed by atoms with Crippen molar-refractivity contribution in [1.29, 1.82) is 0 Å². The summed E-state index contributed by atoms with van der Waals surface area (Å²) in [5.74, 6) is 2.11. The van der Waals surface area contributed by atoms with Crippen LogP contribution >= 0.6 is 0 Å². The van der Waals surface area contributed by atoms with Gasteiger partial charge in [0.05, 0.1) is 12.2 Å². The van der Waals surface area contributed by atoms with Crippen LogP contribution in [0.25, 0.3) is 0 Å². The van der Waals surface area contributed by atoms with E-state index in [4.69, 9.17) is 4.52 Å². The lowest BCUT2D eigenvalue weighted by Gasteiger charge is -2.52. The first kappa shape index (κ1) is 17.1. The van der Waals surface area contributed by atoms with Gasteiger partial charge in [-0.1, -0.05) is 25.4 Å². The number of aromatic nitrogens is 1. The Morgan fingerprint density at radius 2 is 2.08 bits per heavy atom. The second-order valence-electron chi connectivity index (χ2n) is 8.91. The van der Waals surface area contributed by atoms with Gasteiger partial charge in [-0.3, -0.25) is 9.69 Å². The van der Waals surface area contributed by atoms with Gasteiger partial charge in [-0.25, -0.2) is 0 Å². The van der Waals surface area contributed by atoms with Gasteiger partial charge in [-0.05, 0) is 62.9 Å². The van der Waals surface area contributed by atoms with Gasteiger partial charge in [-0.2, -0.15) is 0 Å². The van der Waals surface area contributed by atoms with E-state index in [0.29, 0.717) is 17.9 Å². The first-order chi connectivity index (χ1) is 12.0. The van der Waals surface area contributed by atoms with Crippen LogP contribution in [0.3, 0.4) is 0 Å². The van der Waals surface area contributed by atoms with Crippen LogP contribution in [-0.2, 0) is 17.8 Å². The van der Waals surface area contributed by atoms with Gasteiger partial charge >= 0.3 is 0 Å². The fraction of sp³-hybridized carbons (Fsp3) is 0.800. The van der Waals surface area contributed by atoms with Crippen molar-refractivity contribution >= 4 is 5.91 Å². The van der Waals surface area contributed by atoms with Crippen molar-refractivity contribution in [1.82, 2.24) is 15.4 Å². The third kappa shape index (κ3) is 3.76. The van der Waals surface area contributed by atoms with Gasteiger partial charge in [0, 0.05) is 18.0 Å². The Balaban J connectivity index is 1.28. The summed E-state index contributed by atoms with van der Waals surface area (Å²) in [6.07, 6.45) is 8.10. The predicted molar refractivity (Wildman–Crippen MR) is 95.9 cm³/mol. The van der Waals surface area contributed by atoms with Gasteiger partial charge in [0.1, 0.15) is 0 Å². The lowest BCUT2D eigenvalue weighted by atomic mass is 9.57. The third-order valence-corrected chi connectivity index (χ3v) is 6.63. The largest absolute Gasteiger partial charge is 0.360 e. The lowest BCUT2D eigenvalue weighted by Crippen LogP contribution is -2.59. The number of carbonyl (C=O) groups is 1. The fourth-order valence-corrected chi connectivity index (χ4v) is 4.36. The minimum Gasteiger partial charge on any atom is -0.360 e. The van der Waals surface area contributed by atoms with Crippen molar-refractivity contribution in [3.05, 3.63) is 17.5 Å². The Hall–Kier alpha value is -1.36. The Labute approximate surface area is 150 Å². The van der Waals surface area contributed by atoms with E-state index in [-0.39, 0.29) is 11.3 Å². The fourth-order valence-electron chi connectivity index (χ4n) is 4.36. The number of nitrogens with one attached hydrogen (secondary N) is 1. The molecule has 2 saturated carbocycles. The highest BCUT2D eigenvalue weighted by molar-refractivity contribution is 5.81. The first-order valence-electron chi connectivity index (χ1n) is 9.99. The molecule has 4 rings (SSSR count). The maximum absolute atomic E-state index is 12.0. The quantitative estimate of drug-likeness (QED) is 0.860. The summed E-state index contributed by atoms with van der Waals surface area (Å²) in [6.45, 7) is 7.78. The number of rotatable bonds is 6. The summed E-state index contributed by atoms with van der Waals surface area (Å²) in [6, 6.07) is 2.45. The molecule has 3 aliphatic rings. The van der Waals surface area contributed by atoms with Gasteiger partial charge in [0.25, 0.3) is 0 Å². The van der Waals surface area contributed by atoms with Crippen molar-refractivity contribution in [2.24, 2.45) is 17.3 Å². The number of likely N-dealkylation sites (tertiary alicyclic amines) is 1. The molecule has 1 aliphatic heterocycles. The molecule has 1 aromatic rings. The van der Waals surface area contributed by atoms with E-state index in [0.717, 1.165) is 43.7 Å². The molecule has 1 aromatic heterocycles. The molecule has 5 nitrogen and oxygen atoms in total. The van der Waals surface area contributed by atoms with Crippen LogP contribution in [0.4, 0.5) is 0 Å². The van der Waals surface area contributed by atoms with Gasteiger partial charge in [0.2, 0.25) is 5.91 Å². The minimum absolute atomic E-state index is 0.135. The Morgan fingerprint density at radius 1 is 1.32 bits per heavy atom. The van der Waals surface area contributed by atoms with E-state index in [1.165, 1.54) is 32.4 Å². The van der Waals surface area contributed by atoms with Crippen molar-refractivity contribution in [3.63, 3.8) is 0 Å². The van der Waals surface area contributed by atoms with Crippen LogP contribution in [0.1, 0.15) is 63.8 Å². The molecule has 2 aliphatic carbocycles. The normalized spacial score (nSPS) is 29.2. The van der Waals surface area contributed by atoms with E-state index >= 15 is 0 Å². The molecule has 3 fully saturated rings. The van der Waals surface area contributed by atoms with Gasteiger partial charge in [-0.15, -0.1) is 0 Å². The number of hydrogen-bond acceptors (Lipinski definition) is 4. The maximum Gasteiger partial charge on any atom is 0.223 e. The summed E-state index contributed by atoms with van der Waals surface area (Å²) >= 11 is 0. The van der Waals surface area contributed by atoms with E-state index < -0.39 is 0 Å². The molecule has 1 amide bonds. The average Bonchev–Trinajstić information content (AvgIpc) is 3.36. The summed E-state index contributed by atoms with van der Waals surface area (Å²) in [7, 11) is 0. The molecule has 0 bridgehead atoms. The maximum atomic E-state index is 12.0. The molecule has 1 saturated heterocycles. The van der Waals surface area contributed by atoms with Gasteiger partial charge in [0.15, 0.2) is 5.76 Å². The zero-order valence-electron chi connectivity index (χ0n) is 15.6. The lowest BCUT2D eigenvalue weighted by molar-refractivity contribution is -0.126. The number of hydrogen-bond donors (Lipinski definition) is 1. The summed E-state index contributed by atoms with van der Waals surface area (Å²) in [5.41, 5.74) is 1.20. The molecule has 2 atom stereocenters. The SMILES string of the molecule is CC1(C)[C@H](Cc2cc(CN3CCCCC3)on2)C[C@@H]1NC(=O)C1CC1. The van der Waals surface area contributed by atoms with Crippen LogP contribution in [0.5, 0.6) is 0 Å². The first-order valence-corrected chi connectivity index (χ1v) is 9.99. The topological polar surface area (TPSA) is 58.4 Å². The zero-order chi connectivity index (χ0) is 17.4. The van der Waals surface area contributed by atoms with Crippen LogP contribution < -0.4 is 5.32 Å². The monoisotopic (exact) mass is 345 g/mol. The predicted octanol–water partition coefficient (Wildman–Crippen LogP) is 3.14.